The summed E-state index contributed by atoms with van der Waals surface area (Å²) in [5.41, 5.74) is 4.38. The normalized spacial score (nSPS) is 22.1. The molecule has 230 valence electrons. The van der Waals surface area contributed by atoms with Gasteiger partial charge in [0, 0.05) is 30.1 Å². The van der Waals surface area contributed by atoms with E-state index in [-0.39, 0.29) is 0 Å². The molecule has 4 rings (SSSR count). The Labute approximate surface area is 237 Å². The van der Waals surface area contributed by atoms with E-state index in [0.29, 0.717) is 6.08 Å². The Kier molecular flexibility index (Phi) is 8.19. The zero-order valence-corrected chi connectivity index (χ0v) is 21.6. The molecule has 2 aromatic carbocycles. The van der Waals surface area contributed by atoms with Gasteiger partial charge in [-0.05, 0) is 24.3 Å². The van der Waals surface area contributed by atoms with Gasteiger partial charge < -0.3 is 14.2 Å². The third-order valence-electron chi connectivity index (χ3n) is 6.21. The maximum absolute atomic E-state index is 14.6. The molecule has 43 heavy (non-hydrogen) atoms. The number of benzene rings is 2. The van der Waals surface area contributed by atoms with Crippen LogP contribution in [0.4, 0.5) is 43.9 Å². The zero-order valence-electron chi connectivity index (χ0n) is 21.6. The van der Waals surface area contributed by atoms with Crippen molar-refractivity contribution in [2.75, 3.05) is 0 Å². The van der Waals surface area contributed by atoms with Gasteiger partial charge in [0.1, 0.15) is 5.75 Å². The highest BCUT2D eigenvalue weighted by Crippen LogP contribution is 2.43. The van der Waals surface area contributed by atoms with Crippen LogP contribution in [0.15, 0.2) is 72.4 Å². The summed E-state index contributed by atoms with van der Waals surface area (Å²) in [4.78, 5) is 0. The van der Waals surface area contributed by atoms with Gasteiger partial charge >= 0.3 is 12.4 Å². The van der Waals surface area contributed by atoms with Gasteiger partial charge in [0.25, 0.3) is 0 Å². The summed E-state index contributed by atoms with van der Waals surface area (Å²) in [6.07, 6.45) is -5.39. The van der Waals surface area contributed by atoms with Gasteiger partial charge in [0.05, 0.1) is 5.56 Å². The molecule has 2 atom stereocenters. The second-order valence-electron chi connectivity index (χ2n) is 9.48. The number of rotatable bonds is 7. The molecule has 15 heteroatoms. The van der Waals surface area contributed by atoms with Crippen LogP contribution in [-0.4, -0.2) is 23.8 Å². The minimum Gasteiger partial charge on any atom is -0.465 e. The first-order chi connectivity index (χ1) is 19.9. The van der Waals surface area contributed by atoms with Crippen molar-refractivity contribution in [1.29, 1.82) is 0 Å². The van der Waals surface area contributed by atoms with Gasteiger partial charge in [-0.25, -0.2) is 8.78 Å². The van der Waals surface area contributed by atoms with Crippen LogP contribution in [0.5, 0.6) is 23.0 Å². The molecular weight excluding hydrogens is 602 g/mol. The van der Waals surface area contributed by atoms with Gasteiger partial charge in [-0.2, -0.15) is 35.1 Å². The Morgan fingerprint density at radius 2 is 1.19 bits per heavy atom. The SMILES string of the molecule is C=Cc1c(F)c(F)c(Oc2ccc(OC3(N)C=CC=C(C(F)(F)F)C3)c(OC3(N)C=CC=C(C(F)(F)F)C3)c2)c(F)c1F. The third kappa shape index (κ3) is 6.72. The van der Waals surface area contributed by atoms with Crippen LogP contribution in [0.25, 0.3) is 6.08 Å². The molecule has 0 saturated heterocycles. The lowest BCUT2D eigenvalue weighted by molar-refractivity contribution is -0.100. The van der Waals surface area contributed by atoms with E-state index in [2.05, 4.69) is 6.58 Å². The Hall–Kier alpha value is -4.24. The van der Waals surface area contributed by atoms with E-state index in [1.807, 2.05) is 0 Å². The predicted molar refractivity (Wildman–Crippen MR) is 134 cm³/mol. The Bertz CT molecular complexity index is 1550. The number of hydrogen-bond donors (Lipinski definition) is 2. The average molecular weight is 622 g/mol. The highest BCUT2D eigenvalue weighted by Gasteiger charge is 2.43. The summed E-state index contributed by atoms with van der Waals surface area (Å²) >= 11 is 0. The predicted octanol–water partition coefficient (Wildman–Crippen LogP) is 7.64. The zero-order chi connectivity index (χ0) is 32.0. The summed E-state index contributed by atoms with van der Waals surface area (Å²) in [6.45, 7) is 3.07. The molecule has 0 radical (unpaired) electrons. The molecule has 0 fully saturated rings. The van der Waals surface area contributed by atoms with Crippen LogP contribution in [0.3, 0.4) is 0 Å². The first kappa shape index (κ1) is 31.7. The summed E-state index contributed by atoms with van der Waals surface area (Å²) in [5, 5.41) is 0. The van der Waals surface area contributed by atoms with Crippen LogP contribution in [0, 0.1) is 23.3 Å². The van der Waals surface area contributed by atoms with Crippen molar-refractivity contribution >= 4 is 6.08 Å². The molecule has 0 aliphatic heterocycles. The molecule has 2 aliphatic carbocycles. The monoisotopic (exact) mass is 622 g/mol. The van der Waals surface area contributed by atoms with E-state index >= 15 is 0 Å². The fraction of sp³-hybridized carbons (Fsp3) is 0.214. The van der Waals surface area contributed by atoms with Crippen LogP contribution < -0.4 is 25.7 Å². The van der Waals surface area contributed by atoms with E-state index in [9.17, 15) is 43.9 Å². The topological polar surface area (TPSA) is 79.7 Å². The number of alkyl halides is 6. The summed E-state index contributed by atoms with van der Waals surface area (Å²) in [6, 6.07) is 2.61. The van der Waals surface area contributed by atoms with Crippen molar-refractivity contribution < 1.29 is 58.1 Å². The van der Waals surface area contributed by atoms with Gasteiger partial charge in [-0.3, -0.25) is 11.5 Å². The van der Waals surface area contributed by atoms with Gasteiger partial charge in [-0.1, -0.05) is 37.0 Å². The second-order valence-corrected chi connectivity index (χ2v) is 9.48. The largest absolute Gasteiger partial charge is 0.465 e. The second kappa shape index (κ2) is 11.1. The van der Waals surface area contributed by atoms with E-state index < -0.39 is 99.6 Å². The lowest BCUT2D eigenvalue weighted by Gasteiger charge is -2.34. The minimum atomic E-state index is -4.81. The minimum absolute atomic E-state index is 0.482. The van der Waals surface area contributed by atoms with E-state index in [1.54, 1.807) is 0 Å². The molecular formula is C28H20F10N2O3. The van der Waals surface area contributed by atoms with Crippen molar-refractivity contribution in [3.8, 4) is 23.0 Å². The molecule has 2 aliphatic rings. The lowest BCUT2D eigenvalue weighted by atomic mass is 9.96. The Balaban J connectivity index is 1.75. The van der Waals surface area contributed by atoms with E-state index in [0.717, 1.165) is 54.7 Å². The van der Waals surface area contributed by atoms with E-state index in [4.69, 9.17) is 25.7 Å². The number of allylic oxidation sites excluding steroid dienone is 4. The maximum atomic E-state index is 14.6. The van der Waals surface area contributed by atoms with Gasteiger partial charge in [0.15, 0.2) is 34.6 Å². The Morgan fingerprint density at radius 1 is 0.721 bits per heavy atom. The molecule has 0 bridgehead atoms. The highest BCUT2D eigenvalue weighted by molar-refractivity contribution is 5.53. The average Bonchev–Trinajstić information content (AvgIpc) is 2.90. The van der Waals surface area contributed by atoms with Gasteiger partial charge in [0.2, 0.25) is 17.4 Å². The van der Waals surface area contributed by atoms with Crippen LogP contribution in [0.2, 0.25) is 0 Å². The molecule has 2 unspecified atom stereocenters. The molecule has 0 saturated carbocycles. The summed E-state index contributed by atoms with van der Waals surface area (Å²) in [7, 11) is 0. The number of halogens is 10. The fourth-order valence-corrected chi connectivity index (χ4v) is 4.16. The van der Waals surface area contributed by atoms with Crippen LogP contribution in [-0.2, 0) is 0 Å². The first-order valence-electron chi connectivity index (χ1n) is 12.0. The third-order valence-corrected chi connectivity index (χ3v) is 6.21. The van der Waals surface area contributed by atoms with Crippen LogP contribution in [0.1, 0.15) is 18.4 Å². The maximum Gasteiger partial charge on any atom is 0.412 e. The smallest absolute Gasteiger partial charge is 0.412 e. The van der Waals surface area contributed by atoms with Crippen molar-refractivity contribution in [3.05, 3.63) is 101 Å². The standard InChI is InChI=1S/C28H20F10N2O3/c1-2-17-20(29)22(31)24(23(32)21(17)30)41-16-7-8-18(42-25(39)9-3-5-14(12-25)27(33,34)35)19(11-16)43-26(40)10-4-6-15(13-26)28(36,37)38/h2-11H,1,12-13,39-40H2. The molecule has 2 aromatic rings. The molecule has 0 amide bonds. The lowest BCUT2D eigenvalue weighted by Crippen LogP contribution is -2.48. The quantitative estimate of drug-likeness (QED) is 0.189. The van der Waals surface area contributed by atoms with Crippen LogP contribution >= 0.6 is 0 Å². The summed E-state index contributed by atoms with van der Waals surface area (Å²) < 4.78 is 154. The van der Waals surface area contributed by atoms with Crippen molar-refractivity contribution in [1.82, 2.24) is 0 Å². The number of ether oxygens (including phenoxy) is 3. The first-order valence-corrected chi connectivity index (χ1v) is 12.0. The molecule has 0 spiro atoms. The van der Waals surface area contributed by atoms with E-state index in [1.165, 1.54) is 0 Å². The molecule has 0 heterocycles. The van der Waals surface area contributed by atoms with Crippen molar-refractivity contribution in [2.24, 2.45) is 11.5 Å². The summed E-state index contributed by atoms with van der Waals surface area (Å²) in [5.74, 6) is -10.8. The van der Waals surface area contributed by atoms with Crippen molar-refractivity contribution in [2.45, 2.75) is 36.6 Å². The van der Waals surface area contributed by atoms with Gasteiger partial charge in [-0.15, -0.1) is 0 Å². The number of hydrogen-bond acceptors (Lipinski definition) is 5. The highest BCUT2D eigenvalue weighted by atomic mass is 19.4. The number of nitrogens with two attached hydrogens (primary N) is 2. The molecule has 0 aromatic heterocycles. The van der Waals surface area contributed by atoms with Crippen molar-refractivity contribution in [3.63, 3.8) is 0 Å². The molecule has 4 N–H and O–H groups in total. The Morgan fingerprint density at radius 3 is 1.63 bits per heavy atom. The molecule has 5 nitrogen and oxygen atoms in total. The fourth-order valence-electron chi connectivity index (χ4n) is 4.16.